The fourth-order valence-electron chi connectivity index (χ4n) is 1.24. The summed E-state index contributed by atoms with van der Waals surface area (Å²) in [6.45, 7) is 1.21. The number of furan rings is 1. The first-order valence-electron chi connectivity index (χ1n) is 4.54. The summed E-state index contributed by atoms with van der Waals surface area (Å²) in [5.41, 5.74) is 0.264. The van der Waals surface area contributed by atoms with Gasteiger partial charge in [0.1, 0.15) is 24.7 Å². The van der Waals surface area contributed by atoms with Crippen LogP contribution in [0.3, 0.4) is 0 Å². The number of Topliss-reactive ketones (excluding diaryl/α,β-unsaturated/α-hetero) is 1. The molecular formula is C10H11F3O3. The van der Waals surface area contributed by atoms with E-state index in [4.69, 9.17) is 4.42 Å². The van der Waals surface area contributed by atoms with E-state index in [1.807, 2.05) is 0 Å². The molecule has 0 radical (unpaired) electrons. The zero-order valence-corrected chi connectivity index (χ0v) is 8.85. The molecule has 0 aliphatic heterocycles. The van der Waals surface area contributed by atoms with Crippen LogP contribution in [-0.2, 0) is 4.74 Å². The van der Waals surface area contributed by atoms with E-state index in [1.165, 1.54) is 6.07 Å². The molecule has 1 aromatic rings. The van der Waals surface area contributed by atoms with Gasteiger partial charge >= 0.3 is 6.18 Å². The molecule has 0 aromatic carbocycles. The number of hydrogen-bond donors (Lipinski definition) is 0. The molecule has 0 amide bonds. The average Bonchev–Trinajstić information content (AvgIpc) is 2.43. The molecule has 0 saturated carbocycles. The molecule has 1 aromatic heterocycles. The molecule has 90 valence electrons. The Hall–Kier alpha value is -1.30. The molecule has 0 bridgehead atoms. The number of carbonyl (C=O) groups is 1. The quantitative estimate of drug-likeness (QED) is 0.754. The van der Waals surface area contributed by atoms with Crippen LogP contribution in [0.1, 0.15) is 21.9 Å². The highest BCUT2D eigenvalue weighted by atomic mass is 19.4. The van der Waals surface area contributed by atoms with Gasteiger partial charge in [0.05, 0.1) is 5.56 Å². The summed E-state index contributed by atoms with van der Waals surface area (Å²) >= 11 is 0. The van der Waals surface area contributed by atoms with Crippen molar-refractivity contribution in [3.63, 3.8) is 0 Å². The van der Waals surface area contributed by atoms with E-state index in [2.05, 4.69) is 4.74 Å². The zero-order valence-electron chi connectivity index (χ0n) is 8.85. The third-order valence-electron chi connectivity index (χ3n) is 1.84. The molecular weight excluding hydrogens is 225 g/mol. The molecule has 0 spiro atoms. The van der Waals surface area contributed by atoms with Gasteiger partial charge in [-0.25, -0.2) is 0 Å². The predicted octanol–water partition coefficient (Wildman–Crippen LogP) is 2.66. The Balaban J connectivity index is 2.51. The second kappa shape index (κ2) is 4.69. The standard InChI is InChI=1S/C10H11F3O3/c1-6-3-8(7(2)16-6)9(14)4-15-5-10(11,12)13/h3H,4-5H2,1-2H3. The molecule has 0 fully saturated rings. The van der Waals surface area contributed by atoms with E-state index < -0.39 is 25.2 Å². The first kappa shape index (κ1) is 12.8. The van der Waals surface area contributed by atoms with Gasteiger partial charge < -0.3 is 9.15 Å². The Labute approximate surface area is 90.2 Å². The molecule has 0 unspecified atom stereocenters. The number of ketones is 1. The van der Waals surface area contributed by atoms with E-state index >= 15 is 0 Å². The number of rotatable bonds is 4. The minimum atomic E-state index is -4.42. The van der Waals surface area contributed by atoms with E-state index in [9.17, 15) is 18.0 Å². The van der Waals surface area contributed by atoms with Gasteiger partial charge in [0.2, 0.25) is 0 Å². The highest BCUT2D eigenvalue weighted by Crippen LogP contribution is 2.16. The molecule has 6 heteroatoms. The summed E-state index contributed by atoms with van der Waals surface area (Å²) in [5, 5.41) is 0. The Morgan fingerprint density at radius 1 is 1.44 bits per heavy atom. The van der Waals surface area contributed by atoms with Gasteiger partial charge in [0.25, 0.3) is 0 Å². The highest BCUT2D eigenvalue weighted by molar-refractivity contribution is 5.98. The van der Waals surface area contributed by atoms with Gasteiger partial charge in [-0.15, -0.1) is 0 Å². The van der Waals surface area contributed by atoms with Crippen LogP contribution in [0.15, 0.2) is 10.5 Å². The molecule has 16 heavy (non-hydrogen) atoms. The summed E-state index contributed by atoms with van der Waals surface area (Å²) in [4.78, 5) is 11.4. The number of halogens is 3. The predicted molar refractivity (Wildman–Crippen MR) is 49.4 cm³/mol. The minimum Gasteiger partial charge on any atom is -0.466 e. The van der Waals surface area contributed by atoms with E-state index in [1.54, 1.807) is 13.8 Å². The molecule has 0 aliphatic rings. The van der Waals surface area contributed by atoms with Gasteiger partial charge in [-0.3, -0.25) is 4.79 Å². The van der Waals surface area contributed by atoms with E-state index in [-0.39, 0.29) is 5.56 Å². The number of carbonyl (C=O) groups excluding carboxylic acids is 1. The van der Waals surface area contributed by atoms with Crippen molar-refractivity contribution in [1.29, 1.82) is 0 Å². The maximum Gasteiger partial charge on any atom is 0.411 e. The summed E-state index contributed by atoms with van der Waals surface area (Å²) in [6.07, 6.45) is -4.42. The SMILES string of the molecule is Cc1cc(C(=O)COCC(F)(F)F)c(C)o1. The maximum absolute atomic E-state index is 11.7. The van der Waals surface area contributed by atoms with Crippen LogP contribution in [-0.4, -0.2) is 25.2 Å². The molecule has 1 heterocycles. The second-order valence-electron chi connectivity index (χ2n) is 3.36. The van der Waals surface area contributed by atoms with Crippen molar-refractivity contribution in [1.82, 2.24) is 0 Å². The number of hydrogen-bond acceptors (Lipinski definition) is 3. The fourth-order valence-corrected chi connectivity index (χ4v) is 1.24. The lowest BCUT2D eigenvalue weighted by Gasteiger charge is -2.06. The van der Waals surface area contributed by atoms with Crippen molar-refractivity contribution in [2.75, 3.05) is 13.2 Å². The van der Waals surface area contributed by atoms with Crippen LogP contribution in [0.25, 0.3) is 0 Å². The van der Waals surface area contributed by atoms with Crippen molar-refractivity contribution in [3.05, 3.63) is 23.2 Å². The Morgan fingerprint density at radius 3 is 2.50 bits per heavy atom. The van der Waals surface area contributed by atoms with Gasteiger partial charge in [0, 0.05) is 0 Å². The average molecular weight is 236 g/mol. The van der Waals surface area contributed by atoms with Crippen molar-refractivity contribution < 1.29 is 27.1 Å². The van der Waals surface area contributed by atoms with Crippen LogP contribution in [0.2, 0.25) is 0 Å². The van der Waals surface area contributed by atoms with Crippen molar-refractivity contribution in [2.24, 2.45) is 0 Å². The molecule has 1 rings (SSSR count). The lowest BCUT2D eigenvalue weighted by molar-refractivity contribution is -0.170. The lowest BCUT2D eigenvalue weighted by Crippen LogP contribution is -2.20. The Morgan fingerprint density at radius 2 is 2.06 bits per heavy atom. The van der Waals surface area contributed by atoms with Gasteiger partial charge in [-0.2, -0.15) is 13.2 Å². The summed E-state index contributed by atoms with van der Waals surface area (Å²) in [6, 6.07) is 1.48. The van der Waals surface area contributed by atoms with Crippen molar-refractivity contribution in [2.45, 2.75) is 20.0 Å². The van der Waals surface area contributed by atoms with Crippen LogP contribution in [0.5, 0.6) is 0 Å². The summed E-state index contributed by atoms with van der Waals surface area (Å²) < 4.78 is 44.6. The minimum absolute atomic E-state index is 0.264. The van der Waals surface area contributed by atoms with Crippen LogP contribution in [0.4, 0.5) is 13.2 Å². The largest absolute Gasteiger partial charge is 0.466 e. The highest BCUT2D eigenvalue weighted by Gasteiger charge is 2.28. The summed E-state index contributed by atoms with van der Waals surface area (Å²) in [7, 11) is 0. The van der Waals surface area contributed by atoms with Crippen molar-refractivity contribution >= 4 is 5.78 Å². The second-order valence-corrected chi connectivity index (χ2v) is 3.36. The van der Waals surface area contributed by atoms with E-state index in [0.717, 1.165) is 0 Å². The molecule has 0 N–H and O–H groups in total. The lowest BCUT2D eigenvalue weighted by atomic mass is 10.2. The van der Waals surface area contributed by atoms with E-state index in [0.29, 0.717) is 11.5 Å². The topological polar surface area (TPSA) is 39.4 Å². The zero-order chi connectivity index (χ0) is 12.3. The van der Waals surface area contributed by atoms with Gasteiger partial charge in [-0.05, 0) is 19.9 Å². The van der Waals surface area contributed by atoms with Crippen LogP contribution >= 0.6 is 0 Å². The normalized spacial score (nSPS) is 11.8. The van der Waals surface area contributed by atoms with Crippen molar-refractivity contribution in [3.8, 4) is 0 Å². The molecule has 0 aliphatic carbocycles. The maximum atomic E-state index is 11.7. The van der Waals surface area contributed by atoms with Crippen LogP contribution < -0.4 is 0 Å². The third-order valence-corrected chi connectivity index (χ3v) is 1.84. The fraction of sp³-hybridized carbons (Fsp3) is 0.500. The van der Waals surface area contributed by atoms with Crippen LogP contribution in [0, 0.1) is 13.8 Å². The van der Waals surface area contributed by atoms with Gasteiger partial charge in [0.15, 0.2) is 5.78 Å². The number of aryl methyl sites for hydroxylation is 2. The molecule has 3 nitrogen and oxygen atoms in total. The Bertz CT molecular complexity index is 379. The third kappa shape index (κ3) is 3.69. The monoisotopic (exact) mass is 236 g/mol. The smallest absolute Gasteiger partial charge is 0.411 e. The molecule has 0 saturated heterocycles. The Kier molecular flexibility index (Phi) is 3.74. The molecule has 0 atom stereocenters. The number of alkyl halides is 3. The number of ether oxygens (including phenoxy) is 1. The van der Waals surface area contributed by atoms with Gasteiger partial charge in [-0.1, -0.05) is 0 Å². The summed E-state index contributed by atoms with van der Waals surface area (Å²) in [5.74, 6) is 0.411. The first-order chi connectivity index (χ1) is 7.29. The first-order valence-corrected chi connectivity index (χ1v) is 4.54.